The fraction of sp³-hybridized carbons (Fsp3) is 0.143. The minimum Gasteiger partial charge on any atom is -0.324 e. The number of amides is 3. The average Bonchev–Trinajstić information content (AvgIpc) is 2.94. The molecule has 8 heteroatoms. The van der Waals surface area contributed by atoms with Crippen molar-refractivity contribution in [2.45, 2.75) is 19.9 Å². The van der Waals surface area contributed by atoms with Gasteiger partial charge in [-0.1, -0.05) is 29.3 Å². The molecule has 2 aromatic carbocycles. The van der Waals surface area contributed by atoms with Crippen LogP contribution in [0.1, 0.15) is 33.2 Å². The van der Waals surface area contributed by atoms with E-state index >= 15 is 0 Å². The highest BCUT2D eigenvalue weighted by molar-refractivity contribution is 6.43. The van der Waals surface area contributed by atoms with E-state index in [2.05, 4.69) is 10.3 Å². The molecule has 146 valence electrons. The molecule has 1 aliphatic rings. The van der Waals surface area contributed by atoms with Gasteiger partial charge in [-0.3, -0.25) is 24.3 Å². The summed E-state index contributed by atoms with van der Waals surface area (Å²) in [7, 11) is 0. The molecule has 0 bridgehead atoms. The van der Waals surface area contributed by atoms with Crippen molar-refractivity contribution in [2.24, 2.45) is 0 Å². The number of benzene rings is 2. The molecule has 29 heavy (non-hydrogen) atoms. The van der Waals surface area contributed by atoms with Crippen molar-refractivity contribution >= 4 is 57.5 Å². The Morgan fingerprint density at radius 3 is 2.31 bits per heavy atom. The van der Waals surface area contributed by atoms with Crippen molar-refractivity contribution in [1.29, 1.82) is 0 Å². The van der Waals surface area contributed by atoms with E-state index < -0.39 is 23.8 Å². The summed E-state index contributed by atoms with van der Waals surface area (Å²) in [5.74, 6) is -1.66. The highest BCUT2D eigenvalue weighted by Gasteiger charge is 2.41. The molecule has 0 saturated carbocycles. The number of carbonyl (C=O) groups is 3. The van der Waals surface area contributed by atoms with E-state index in [1.54, 1.807) is 18.3 Å². The van der Waals surface area contributed by atoms with Crippen molar-refractivity contribution in [2.75, 3.05) is 5.32 Å². The van der Waals surface area contributed by atoms with Crippen LogP contribution in [0.2, 0.25) is 10.0 Å². The maximum absolute atomic E-state index is 12.9. The van der Waals surface area contributed by atoms with Crippen LogP contribution in [-0.4, -0.2) is 33.6 Å². The number of carbonyl (C=O) groups excluding carboxylic acids is 3. The van der Waals surface area contributed by atoms with E-state index in [1.807, 2.05) is 19.1 Å². The van der Waals surface area contributed by atoms with Gasteiger partial charge in [-0.15, -0.1) is 0 Å². The van der Waals surface area contributed by atoms with Crippen molar-refractivity contribution in [1.82, 2.24) is 9.88 Å². The monoisotopic (exact) mass is 427 g/mol. The van der Waals surface area contributed by atoms with E-state index in [0.29, 0.717) is 5.69 Å². The molecule has 3 amide bonds. The Hall–Kier alpha value is -2.96. The van der Waals surface area contributed by atoms with Gasteiger partial charge >= 0.3 is 0 Å². The summed E-state index contributed by atoms with van der Waals surface area (Å²) in [6.45, 7) is 3.42. The molecule has 4 rings (SSSR count). The Morgan fingerprint density at radius 2 is 1.69 bits per heavy atom. The van der Waals surface area contributed by atoms with Gasteiger partial charge < -0.3 is 5.32 Å². The number of anilines is 1. The molecule has 0 spiro atoms. The number of imide groups is 1. The van der Waals surface area contributed by atoms with Crippen LogP contribution >= 0.6 is 23.2 Å². The molecule has 0 radical (unpaired) electrons. The Balaban J connectivity index is 1.63. The minimum absolute atomic E-state index is 0.133. The molecule has 0 aliphatic carbocycles. The van der Waals surface area contributed by atoms with Gasteiger partial charge in [0.1, 0.15) is 6.04 Å². The number of hydrogen-bond donors (Lipinski definition) is 1. The highest BCUT2D eigenvalue weighted by Crippen LogP contribution is 2.33. The Bertz CT molecular complexity index is 1170. The van der Waals surface area contributed by atoms with E-state index in [1.165, 1.54) is 19.1 Å². The number of fused-ring (bicyclic) bond motifs is 2. The maximum Gasteiger partial charge on any atom is 0.262 e. The SMILES string of the molecule is Cc1ccc(NC(=O)C(C)N2C(=O)c3cc(Cl)c(Cl)cc3C2=O)c2cccnc12. The lowest BCUT2D eigenvalue weighted by molar-refractivity contribution is -0.119. The van der Waals surface area contributed by atoms with Gasteiger partial charge in [0.25, 0.3) is 11.8 Å². The van der Waals surface area contributed by atoms with Crippen LogP contribution in [0.3, 0.4) is 0 Å². The molecule has 3 aromatic rings. The Labute approximate surface area is 176 Å². The first-order valence-corrected chi connectivity index (χ1v) is 9.57. The zero-order valence-electron chi connectivity index (χ0n) is 15.5. The van der Waals surface area contributed by atoms with E-state index in [9.17, 15) is 14.4 Å². The van der Waals surface area contributed by atoms with Crippen LogP contribution in [0.5, 0.6) is 0 Å². The molecule has 0 fully saturated rings. The smallest absolute Gasteiger partial charge is 0.262 e. The summed E-state index contributed by atoms with van der Waals surface area (Å²) in [5.41, 5.74) is 2.56. The van der Waals surface area contributed by atoms with Gasteiger partial charge in [-0.2, -0.15) is 0 Å². The minimum atomic E-state index is -1.03. The molecular weight excluding hydrogens is 413 g/mol. The number of aryl methyl sites for hydroxylation is 1. The lowest BCUT2D eigenvalue weighted by Crippen LogP contribution is -2.45. The van der Waals surface area contributed by atoms with Crippen LogP contribution in [0, 0.1) is 6.92 Å². The Kier molecular flexibility index (Phi) is 4.76. The van der Waals surface area contributed by atoms with Gasteiger partial charge in [0.15, 0.2) is 0 Å². The normalized spacial score (nSPS) is 14.3. The van der Waals surface area contributed by atoms with Crippen molar-refractivity contribution in [3.05, 3.63) is 69.3 Å². The van der Waals surface area contributed by atoms with Gasteiger partial charge in [-0.25, -0.2) is 0 Å². The summed E-state index contributed by atoms with van der Waals surface area (Å²) in [6, 6.07) is 8.91. The third-order valence-electron chi connectivity index (χ3n) is 4.95. The molecule has 1 aliphatic heterocycles. The predicted octanol–water partition coefficient (Wildman–Crippen LogP) is 4.47. The fourth-order valence-electron chi connectivity index (χ4n) is 3.38. The molecule has 1 N–H and O–H groups in total. The Morgan fingerprint density at radius 1 is 1.07 bits per heavy atom. The summed E-state index contributed by atoms with van der Waals surface area (Å²) in [4.78, 5) is 43.6. The molecule has 1 atom stereocenters. The zero-order valence-corrected chi connectivity index (χ0v) is 17.0. The highest BCUT2D eigenvalue weighted by atomic mass is 35.5. The van der Waals surface area contributed by atoms with Gasteiger partial charge in [0.2, 0.25) is 5.91 Å². The van der Waals surface area contributed by atoms with E-state index in [4.69, 9.17) is 23.2 Å². The largest absolute Gasteiger partial charge is 0.324 e. The average molecular weight is 428 g/mol. The number of nitrogens with one attached hydrogen (secondary N) is 1. The molecule has 1 aromatic heterocycles. The zero-order chi connectivity index (χ0) is 20.9. The summed E-state index contributed by atoms with van der Waals surface area (Å²) >= 11 is 11.9. The number of hydrogen-bond acceptors (Lipinski definition) is 4. The standard InChI is InChI=1S/C21H15Cl2N3O3/c1-10-5-6-17(12-4-3-7-24-18(10)12)25-19(27)11(2)26-20(28)13-8-15(22)16(23)9-14(13)21(26)29/h3-9,11H,1-2H3,(H,25,27). The van der Waals surface area contributed by atoms with Crippen LogP contribution in [0.15, 0.2) is 42.6 Å². The molecular formula is C21H15Cl2N3O3. The summed E-state index contributed by atoms with van der Waals surface area (Å²) in [5, 5.41) is 3.92. The second-order valence-corrected chi connectivity index (χ2v) is 7.60. The topological polar surface area (TPSA) is 79.4 Å². The summed E-state index contributed by atoms with van der Waals surface area (Å²) < 4.78 is 0. The first kappa shape index (κ1) is 19.4. The van der Waals surface area contributed by atoms with E-state index in [0.717, 1.165) is 21.4 Å². The van der Waals surface area contributed by atoms with E-state index in [-0.39, 0.29) is 21.2 Å². The third-order valence-corrected chi connectivity index (χ3v) is 5.68. The number of halogens is 2. The van der Waals surface area contributed by atoms with Crippen LogP contribution in [0.4, 0.5) is 5.69 Å². The fourth-order valence-corrected chi connectivity index (χ4v) is 3.71. The lowest BCUT2D eigenvalue weighted by atomic mass is 10.1. The number of rotatable bonds is 3. The van der Waals surface area contributed by atoms with Gasteiger partial charge in [-0.05, 0) is 49.7 Å². The van der Waals surface area contributed by atoms with Crippen LogP contribution < -0.4 is 5.32 Å². The predicted molar refractivity (Wildman–Crippen MR) is 112 cm³/mol. The number of aromatic nitrogens is 1. The van der Waals surface area contributed by atoms with Crippen LogP contribution in [-0.2, 0) is 4.79 Å². The molecule has 0 saturated heterocycles. The molecule has 1 unspecified atom stereocenters. The van der Waals surface area contributed by atoms with Crippen LogP contribution in [0.25, 0.3) is 10.9 Å². The van der Waals surface area contributed by atoms with Crippen molar-refractivity contribution < 1.29 is 14.4 Å². The van der Waals surface area contributed by atoms with Crippen molar-refractivity contribution in [3.63, 3.8) is 0 Å². The maximum atomic E-state index is 12.9. The number of nitrogens with zero attached hydrogens (tertiary/aromatic N) is 2. The van der Waals surface area contributed by atoms with Gasteiger partial charge in [0, 0.05) is 11.6 Å². The number of pyridine rings is 1. The second kappa shape index (κ2) is 7.13. The summed E-state index contributed by atoms with van der Waals surface area (Å²) in [6.07, 6.45) is 1.68. The lowest BCUT2D eigenvalue weighted by Gasteiger charge is -2.22. The molecule has 2 heterocycles. The third kappa shape index (κ3) is 3.14. The van der Waals surface area contributed by atoms with Gasteiger partial charge in [0.05, 0.1) is 32.4 Å². The quantitative estimate of drug-likeness (QED) is 0.625. The molecule has 6 nitrogen and oxygen atoms in total. The first-order valence-electron chi connectivity index (χ1n) is 8.81. The first-order chi connectivity index (χ1) is 13.8. The van der Waals surface area contributed by atoms with Crippen molar-refractivity contribution in [3.8, 4) is 0 Å². The second-order valence-electron chi connectivity index (χ2n) is 6.79.